The van der Waals surface area contributed by atoms with E-state index in [0.717, 1.165) is 5.52 Å². The lowest BCUT2D eigenvalue weighted by molar-refractivity contribution is -0.144. The van der Waals surface area contributed by atoms with Crippen LogP contribution in [-0.4, -0.2) is 76.3 Å². The van der Waals surface area contributed by atoms with Crippen molar-refractivity contribution in [3.63, 3.8) is 0 Å². The lowest BCUT2D eigenvalue weighted by atomic mass is 9.93. The smallest absolute Gasteiger partial charge is 0.387 e. The minimum Gasteiger partial charge on any atom is -0.465 e. The molecule has 4 aromatic rings. The lowest BCUT2D eigenvalue weighted by Crippen LogP contribution is -2.45. The number of imidazole rings is 1. The number of halogens is 2. The fraction of sp³-hybridized carbons (Fsp3) is 0.429. The van der Waals surface area contributed by atoms with Crippen LogP contribution in [0.3, 0.4) is 0 Å². The molecule has 3 atom stereocenters. The number of rotatable bonds is 10. The van der Waals surface area contributed by atoms with Gasteiger partial charge in [0.15, 0.2) is 14.1 Å². The number of amides is 1. The lowest BCUT2D eigenvalue weighted by Gasteiger charge is -2.37. The maximum absolute atomic E-state index is 14.3. The molecule has 258 valence electrons. The van der Waals surface area contributed by atoms with Crippen LogP contribution in [0.4, 0.5) is 8.78 Å². The molecule has 6 rings (SSSR count). The van der Waals surface area contributed by atoms with Crippen molar-refractivity contribution in [1.29, 1.82) is 0 Å². The molecule has 2 aliphatic rings. The van der Waals surface area contributed by atoms with Crippen LogP contribution < -0.4 is 4.74 Å². The van der Waals surface area contributed by atoms with Crippen LogP contribution >= 0.6 is 0 Å². The molecule has 11 nitrogen and oxygen atoms in total. The summed E-state index contributed by atoms with van der Waals surface area (Å²) in [5.41, 5.74) is 2.00. The van der Waals surface area contributed by atoms with Crippen molar-refractivity contribution in [2.75, 3.05) is 13.2 Å². The van der Waals surface area contributed by atoms with Crippen molar-refractivity contribution in [2.24, 2.45) is 0 Å². The summed E-state index contributed by atoms with van der Waals surface area (Å²) in [5.74, 6) is -1.46. The third kappa shape index (κ3) is 6.12. The fourth-order valence-corrected chi connectivity index (χ4v) is 7.75. The van der Waals surface area contributed by atoms with Gasteiger partial charge in [0.05, 0.1) is 35.4 Å². The summed E-state index contributed by atoms with van der Waals surface area (Å²) in [6.07, 6.45) is 0.793. The topological polar surface area (TPSA) is 126 Å². The Hall–Kier alpha value is -4.56. The number of para-hydroxylation sites is 2. The second-order valence-electron chi connectivity index (χ2n) is 13.8. The summed E-state index contributed by atoms with van der Waals surface area (Å²) in [7, 11) is -2.32. The standard InChI is InChI=1S/C35H39F2N5O6Si/c1-8-46-27(43)18-41-26-17-25(42-24-12-10-9-11-23(24)40-32(26)42)28-21(33(41)45)14-13-20(30(28)47-34(36)37)22-15-16-38-31(39-22)29(44)19(2)48-49(6,7)35(3,4)5/h9-16,19,25-26,34H,8,17-18H2,1-7H3/t19?,25-,26-/m1/s1. The zero-order valence-electron chi connectivity index (χ0n) is 28.5. The van der Waals surface area contributed by atoms with Crippen molar-refractivity contribution < 1.29 is 37.1 Å². The maximum Gasteiger partial charge on any atom is 0.387 e. The van der Waals surface area contributed by atoms with Gasteiger partial charge in [0, 0.05) is 29.3 Å². The molecule has 1 amide bonds. The first kappa shape index (κ1) is 34.3. The summed E-state index contributed by atoms with van der Waals surface area (Å²) >= 11 is 0. The van der Waals surface area contributed by atoms with E-state index in [2.05, 4.69) is 30.7 Å². The number of ketones is 1. The molecule has 1 unspecified atom stereocenters. The molecule has 0 N–H and O–H groups in total. The predicted molar refractivity (Wildman–Crippen MR) is 179 cm³/mol. The number of benzene rings is 2. The van der Waals surface area contributed by atoms with Gasteiger partial charge in [-0.1, -0.05) is 32.9 Å². The Kier molecular flexibility index (Phi) is 8.90. The second-order valence-corrected chi connectivity index (χ2v) is 18.5. The molecule has 49 heavy (non-hydrogen) atoms. The number of ether oxygens (including phenoxy) is 2. The van der Waals surface area contributed by atoms with Crippen molar-refractivity contribution in [2.45, 2.75) is 84.0 Å². The van der Waals surface area contributed by atoms with Gasteiger partial charge in [-0.05, 0) is 62.3 Å². The summed E-state index contributed by atoms with van der Waals surface area (Å²) in [6, 6.07) is 10.6. The zero-order chi connectivity index (χ0) is 35.4. The fourth-order valence-electron chi connectivity index (χ4n) is 6.40. The van der Waals surface area contributed by atoms with Gasteiger partial charge >= 0.3 is 12.6 Å². The molecule has 0 radical (unpaired) electrons. The SMILES string of the molecule is CCOC(=O)CN1C(=O)c2ccc(-c3ccnc(C(=O)C(C)O[Si](C)(C)C(C)(C)C)n3)c(OC(F)F)c2[C@H]2C[C@@H]1c1nc3ccccc3n12. The first-order chi connectivity index (χ1) is 23.1. The van der Waals surface area contributed by atoms with Gasteiger partial charge in [-0.2, -0.15) is 8.78 Å². The molecule has 2 aromatic carbocycles. The van der Waals surface area contributed by atoms with Crippen molar-refractivity contribution >= 4 is 37.0 Å². The first-order valence-electron chi connectivity index (χ1n) is 16.2. The first-order valence-corrected chi connectivity index (χ1v) is 19.1. The molecule has 4 heterocycles. The van der Waals surface area contributed by atoms with E-state index in [9.17, 15) is 23.2 Å². The maximum atomic E-state index is 14.3. The third-order valence-electron chi connectivity index (χ3n) is 9.69. The number of Topliss-reactive ketones (excluding diaryl/α,β-unsaturated/α-hetero) is 1. The van der Waals surface area contributed by atoms with E-state index in [1.807, 2.05) is 41.9 Å². The Bertz CT molecular complexity index is 1960. The highest BCUT2D eigenvalue weighted by molar-refractivity contribution is 6.74. The number of carbonyl (C=O) groups excluding carboxylic acids is 3. The zero-order valence-corrected chi connectivity index (χ0v) is 29.5. The van der Waals surface area contributed by atoms with Gasteiger partial charge < -0.3 is 23.4 Å². The summed E-state index contributed by atoms with van der Waals surface area (Å²) in [5, 5.41) is -0.142. The van der Waals surface area contributed by atoms with Crippen LogP contribution in [0.25, 0.3) is 22.3 Å². The van der Waals surface area contributed by atoms with E-state index in [0.29, 0.717) is 11.3 Å². The number of hydrogen-bond donors (Lipinski definition) is 0. The van der Waals surface area contributed by atoms with Crippen molar-refractivity contribution in [3.8, 4) is 17.0 Å². The number of alkyl halides is 2. The molecule has 0 spiro atoms. The molecular weight excluding hydrogens is 652 g/mol. The van der Waals surface area contributed by atoms with Gasteiger partial charge in [0.25, 0.3) is 5.91 Å². The number of esters is 1. The van der Waals surface area contributed by atoms with Gasteiger partial charge in [0.2, 0.25) is 5.78 Å². The predicted octanol–water partition coefficient (Wildman–Crippen LogP) is 6.74. The molecule has 2 bridgehead atoms. The largest absolute Gasteiger partial charge is 0.465 e. The normalized spacial score (nSPS) is 17.9. The molecule has 0 aliphatic carbocycles. The van der Waals surface area contributed by atoms with E-state index in [-0.39, 0.29) is 58.6 Å². The van der Waals surface area contributed by atoms with E-state index in [1.165, 1.54) is 29.3 Å². The molecule has 0 fully saturated rings. The highest BCUT2D eigenvalue weighted by Crippen LogP contribution is 2.52. The Balaban J connectivity index is 1.50. The van der Waals surface area contributed by atoms with Crippen molar-refractivity contribution in [3.05, 3.63) is 71.4 Å². The highest BCUT2D eigenvalue weighted by Gasteiger charge is 2.47. The minimum atomic E-state index is -3.25. The minimum absolute atomic E-state index is 0.0985. The third-order valence-corrected chi connectivity index (χ3v) is 14.2. The van der Waals surface area contributed by atoms with Crippen LogP contribution in [-0.2, 0) is 14.0 Å². The average molecular weight is 692 g/mol. The molecule has 2 aliphatic heterocycles. The summed E-state index contributed by atoms with van der Waals surface area (Å²) in [6.45, 7) is 10.1. The quantitative estimate of drug-likeness (QED) is 0.101. The summed E-state index contributed by atoms with van der Waals surface area (Å²) < 4.78 is 47.3. The Morgan fingerprint density at radius 1 is 1.04 bits per heavy atom. The van der Waals surface area contributed by atoms with E-state index >= 15 is 0 Å². The number of carbonyl (C=O) groups is 3. The Morgan fingerprint density at radius 3 is 2.45 bits per heavy atom. The van der Waals surface area contributed by atoms with Gasteiger partial charge in [-0.15, -0.1) is 0 Å². The van der Waals surface area contributed by atoms with E-state index < -0.39 is 50.8 Å². The molecule has 0 saturated carbocycles. The number of fused-ring (bicyclic) bond motifs is 9. The molecular formula is C35H39F2N5O6Si. The van der Waals surface area contributed by atoms with Crippen LogP contribution in [0.2, 0.25) is 18.1 Å². The van der Waals surface area contributed by atoms with Gasteiger partial charge in [-0.25, -0.2) is 15.0 Å². The number of aromatic nitrogens is 4. The molecule has 14 heteroatoms. The monoisotopic (exact) mass is 691 g/mol. The Labute approximate surface area is 283 Å². The molecule has 0 saturated heterocycles. The van der Waals surface area contributed by atoms with Gasteiger partial charge in [-0.3, -0.25) is 14.4 Å². The van der Waals surface area contributed by atoms with E-state index in [1.54, 1.807) is 13.8 Å². The number of hydrogen-bond acceptors (Lipinski definition) is 9. The number of nitrogens with zero attached hydrogens (tertiary/aromatic N) is 5. The van der Waals surface area contributed by atoms with Crippen LogP contribution in [0.1, 0.15) is 85.5 Å². The summed E-state index contributed by atoms with van der Waals surface area (Å²) in [4.78, 5) is 55.4. The van der Waals surface area contributed by atoms with Crippen LogP contribution in [0, 0.1) is 0 Å². The average Bonchev–Trinajstić information content (AvgIpc) is 3.56. The second kappa shape index (κ2) is 12.7. The Morgan fingerprint density at radius 2 is 1.76 bits per heavy atom. The van der Waals surface area contributed by atoms with Crippen LogP contribution in [0.15, 0.2) is 48.7 Å². The van der Waals surface area contributed by atoms with Gasteiger partial charge in [0.1, 0.15) is 24.2 Å². The van der Waals surface area contributed by atoms with Crippen molar-refractivity contribution in [1.82, 2.24) is 24.4 Å². The van der Waals surface area contributed by atoms with E-state index in [4.69, 9.17) is 18.9 Å². The highest BCUT2D eigenvalue weighted by atomic mass is 28.4. The van der Waals surface area contributed by atoms with Crippen LogP contribution in [0.5, 0.6) is 5.75 Å². The molecule has 2 aromatic heterocycles.